The van der Waals surface area contributed by atoms with E-state index in [1.165, 1.54) is 5.56 Å². The molecular formula is C26H28BrF2N2O3+. The Kier molecular flexibility index (Phi) is 7.19. The topological polar surface area (TPSA) is 55.3 Å². The van der Waals surface area contributed by atoms with Gasteiger partial charge in [-0.2, -0.15) is 0 Å². The first-order valence-corrected chi connectivity index (χ1v) is 12.1. The van der Waals surface area contributed by atoms with Crippen molar-refractivity contribution in [2.45, 2.75) is 50.8 Å². The van der Waals surface area contributed by atoms with Gasteiger partial charge in [-0.15, -0.1) is 0 Å². The molecule has 2 atom stereocenters. The molecule has 2 aromatic carbocycles. The molecule has 3 aromatic rings. The highest BCUT2D eigenvalue weighted by atomic mass is 79.9. The lowest BCUT2D eigenvalue weighted by molar-refractivity contribution is -0.694. The van der Waals surface area contributed by atoms with Crippen LogP contribution in [-0.2, 0) is 28.2 Å². The van der Waals surface area contributed by atoms with Gasteiger partial charge < -0.3 is 9.84 Å². The van der Waals surface area contributed by atoms with E-state index in [1.807, 2.05) is 42.1 Å². The van der Waals surface area contributed by atoms with Gasteiger partial charge in [0.25, 0.3) is 5.82 Å². The summed E-state index contributed by atoms with van der Waals surface area (Å²) in [5.74, 6) is -3.72. The van der Waals surface area contributed by atoms with Crippen molar-refractivity contribution in [1.82, 2.24) is 4.57 Å². The summed E-state index contributed by atoms with van der Waals surface area (Å²) in [7, 11) is 0. The minimum atomic E-state index is -2.90. The number of imidazole rings is 1. The first-order chi connectivity index (χ1) is 16.2. The lowest BCUT2D eigenvalue weighted by Gasteiger charge is -2.32. The molecule has 0 aliphatic heterocycles. The van der Waals surface area contributed by atoms with Gasteiger partial charge in [-0.3, -0.25) is 0 Å². The highest BCUT2D eigenvalue weighted by molar-refractivity contribution is 9.10. The van der Waals surface area contributed by atoms with Crippen LogP contribution in [0.1, 0.15) is 36.2 Å². The molecule has 4 rings (SSSR count). The van der Waals surface area contributed by atoms with E-state index < -0.39 is 29.8 Å². The minimum absolute atomic E-state index is 0.0155. The van der Waals surface area contributed by atoms with Crippen molar-refractivity contribution in [2.24, 2.45) is 5.92 Å². The Morgan fingerprint density at radius 2 is 1.94 bits per heavy atom. The Hall–Kier alpha value is -2.58. The van der Waals surface area contributed by atoms with Gasteiger partial charge in [-0.1, -0.05) is 58.4 Å². The standard InChI is InChI=1S/C26H28BrF2N2O3/c1-19-30(13-14-31(19)18-20-5-3-2-4-6-20)15-16-34-24(32)26(33,21-7-9-23(27)10-8-21)22-11-12-25(28,29)17-22/h2-10,13-14,22,33H,11-12,15-18H2,1H3/q+1/t22-,26+/m1/s1. The smallest absolute Gasteiger partial charge is 0.343 e. The van der Waals surface area contributed by atoms with Crippen molar-refractivity contribution in [1.29, 1.82) is 0 Å². The maximum atomic E-state index is 14.0. The molecule has 1 aliphatic rings. The molecule has 1 aromatic heterocycles. The Balaban J connectivity index is 1.45. The third-order valence-corrected chi connectivity index (χ3v) is 7.14. The predicted octanol–water partition coefficient (Wildman–Crippen LogP) is 4.76. The summed E-state index contributed by atoms with van der Waals surface area (Å²) in [5, 5.41) is 11.5. The molecule has 0 unspecified atom stereocenters. The first kappa shape index (κ1) is 24.5. The Bertz CT molecular complexity index is 1130. The van der Waals surface area contributed by atoms with E-state index in [4.69, 9.17) is 4.74 Å². The fraction of sp³-hybridized carbons (Fsp3) is 0.385. The van der Waals surface area contributed by atoms with E-state index in [0.717, 1.165) is 16.8 Å². The molecule has 0 spiro atoms. The summed E-state index contributed by atoms with van der Waals surface area (Å²) in [6.07, 6.45) is 3.01. The number of carbonyl (C=O) groups is 1. The van der Waals surface area contributed by atoms with Crippen LogP contribution < -0.4 is 4.57 Å². The van der Waals surface area contributed by atoms with Gasteiger partial charge in [0, 0.05) is 30.2 Å². The molecule has 180 valence electrons. The monoisotopic (exact) mass is 533 g/mol. The van der Waals surface area contributed by atoms with Crippen molar-refractivity contribution >= 4 is 21.9 Å². The van der Waals surface area contributed by atoms with Gasteiger partial charge >= 0.3 is 5.97 Å². The number of rotatable bonds is 8. The highest BCUT2D eigenvalue weighted by Gasteiger charge is 2.54. The van der Waals surface area contributed by atoms with Crippen LogP contribution in [0.3, 0.4) is 0 Å². The summed E-state index contributed by atoms with van der Waals surface area (Å²) in [6.45, 7) is 3.10. The molecule has 1 saturated carbocycles. The van der Waals surface area contributed by atoms with Gasteiger partial charge in [0.2, 0.25) is 5.92 Å². The summed E-state index contributed by atoms with van der Waals surface area (Å²) >= 11 is 3.33. The van der Waals surface area contributed by atoms with E-state index >= 15 is 0 Å². The van der Waals surface area contributed by atoms with Gasteiger partial charge in [0.1, 0.15) is 32.1 Å². The van der Waals surface area contributed by atoms with Crippen molar-refractivity contribution in [3.63, 3.8) is 0 Å². The number of hydrogen-bond acceptors (Lipinski definition) is 3. The van der Waals surface area contributed by atoms with Crippen molar-refractivity contribution in [3.8, 4) is 0 Å². The number of carbonyl (C=O) groups excluding carboxylic acids is 1. The maximum absolute atomic E-state index is 14.0. The molecule has 34 heavy (non-hydrogen) atoms. The van der Waals surface area contributed by atoms with Crippen LogP contribution in [0.15, 0.2) is 71.5 Å². The zero-order chi connectivity index (χ0) is 24.3. The third kappa shape index (κ3) is 5.23. The normalized spacial score (nSPS) is 19.0. The molecule has 1 heterocycles. The molecule has 0 saturated heterocycles. The van der Waals surface area contributed by atoms with Crippen molar-refractivity contribution < 1.29 is 28.0 Å². The number of benzene rings is 2. The lowest BCUT2D eigenvalue weighted by Crippen LogP contribution is -2.44. The van der Waals surface area contributed by atoms with Crippen molar-refractivity contribution in [2.75, 3.05) is 6.61 Å². The van der Waals surface area contributed by atoms with Crippen molar-refractivity contribution in [3.05, 3.63) is 88.4 Å². The molecule has 8 heteroatoms. The van der Waals surface area contributed by atoms with Crippen LogP contribution >= 0.6 is 15.9 Å². The Morgan fingerprint density at radius 1 is 1.24 bits per heavy atom. The van der Waals surface area contributed by atoms with Crippen LogP contribution in [0, 0.1) is 12.8 Å². The highest BCUT2D eigenvalue weighted by Crippen LogP contribution is 2.48. The maximum Gasteiger partial charge on any atom is 0.343 e. The minimum Gasteiger partial charge on any atom is -0.459 e. The number of nitrogens with zero attached hydrogens (tertiary/aromatic N) is 2. The third-order valence-electron chi connectivity index (χ3n) is 6.61. The Morgan fingerprint density at radius 3 is 2.59 bits per heavy atom. The van der Waals surface area contributed by atoms with E-state index in [2.05, 4.69) is 32.6 Å². The number of hydrogen-bond donors (Lipinski definition) is 1. The fourth-order valence-corrected chi connectivity index (χ4v) is 4.87. The van der Waals surface area contributed by atoms with Gasteiger partial charge in [0.05, 0.1) is 0 Å². The molecule has 1 N–H and O–H groups in total. The fourth-order valence-electron chi connectivity index (χ4n) is 4.60. The predicted molar refractivity (Wildman–Crippen MR) is 126 cm³/mol. The second-order valence-electron chi connectivity index (χ2n) is 8.86. The van der Waals surface area contributed by atoms with Crippen LogP contribution in [0.25, 0.3) is 0 Å². The molecular weight excluding hydrogens is 506 g/mol. The summed E-state index contributed by atoms with van der Waals surface area (Å²) in [6, 6.07) is 16.6. The number of alkyl halides is 2. The lowest BCUT2D eigenvalue weighted by atomic mass is 9.80. The number of ether oxygens (including phenoxy) is 1. The number of aromatic nitrogens is 2. The average Bonchev–Trinajstić information content (AvgIpc) is 3.36. The molecule has 0 bridgehead atoms. The second-order valence-corrected chi connectivity index (χ2v) is 9.77. The van der Waals surface area contributed by atoms with E-state index in [0.29, 0.717) is 6.54 Å². The zero-order valence-electron chi connectivity index (χ0n) is 19.0. The van der Waals surface area contributed by atoms with Crippen LogP contribution in [-0.4, -0.2) is 28.2 Å². The summed E-state index contributed by atoms with van der Waals surface area (Å²) in [5.41, 5.74) is -0.687. The average molecular weight is 534 g/mol. The Labute approximate surface area is 206 Å². The number of halogens is 3. The van der Waals surface area contributed by atoms with E-state index in [-0.39, 0.29) is 25.0 Å². The molecule has 1 aliphatic carbocycles. The SMILES string of the molecule is Cc1n(CCOC(=O)[C@](O)(c2ccc(Br)cc2)[C@@H]2CCC(F)(F)C2)cc[n+]1Cc1ccccc1. The van der Waals surface area contributed by atoms with Gasteiger partial charge in [-0.05, 0) is 29.7 Å². The second kappa shape index (κ2) is 9.96. The molecule has 1 fully saturated rings. The van der Waals surface area contributed by atoms with Crippen LogP contribution in [0.4, 0.5) is 8.78 Å². The quantitative estimate of drug-likeness (QED) is 0.335. The van der Waals surface area contributed by atoms with E-state index in [9.17, 15) is 18.7 Å². The number of aliphatic hydroxyl groups is 1. The molecule has 0 amide bonds. The van der Waals surface area contributed by atoms with Gasteiger partial charge in [-0.25, -0.2) is 22.7 Å². The van der Waals surface area contributed by atoms with Crippen LogP contribution in [0.2, 0.25) is 0 Å². The summed E-state index contributed by atoms with van der Waals surface area (Å²) < 4.78 is 38.2. The first-order valence-electron chi connectivity index (χ1n) is 11.3. The number of esters is 1. The zero-order valence-corrected chi connectivity index (χ0v) is 20.5. The molecule has 5 nitrogen and oxygen atoms in total. The largest absolute Gasteiger partial charge is 0.459 e. The van der Waals surface area contributed by atoms with E-state index in [1.54, 1.807) is 24.3 Å². The molecule has 0 radical (unpaired) electrons. The summed E-state index contributed by atoms with van der Waals surface area (Å²) in [4.78, 5) is 13.1. The van der Waals surface area contributed by atoms with Gasteiger partial charge in [0.15, 0.2) is 5.60 Å². The van der Waals surface area contributed by atoms with Crippen LogP contribution in [0.5, 0.6) is 0 Å².